The number of carbonyl (C=O) groups is 2. The summed E-state index contributed by atoms with van der Waals surface area (Å²) in [7, 11) is 1.61. The Kier molecular flexibility index (Phi) is 7.26. The molecule has 1 unspecified atom stereocenters. The van der Waals surface area contributed by atoms with Crippen LogP contribution in [0.1, 0.15) is 43.4 Å². The molecule has 2 heterocycles. The molecule has 1 amide bonds. The molecule has 184 valence electrons. The Morgan fingerprint density at radius 3 is 2.43 bits per heavy atom. The molecule has 0 radical (unpaired) electrons. The van der Waals surface area contributed by atoms with Gasteiger partial charge in [0.1, 0.15) is 29.1 Å². The van der Waals surface area contributed by atoms with Crippen molar-refractivity contribution >= 4 is 28.2 Å². The summed E-state index contributed by atoms with van der Waals surface area (Å²) < 4.78 is 11.1. The van der Waals surface area contributed by atoms with Gasteiger partial charge in [-0.1, -0.05) is 32.0 Å². The smallest absolute Gasteiger partial charge is 0.295 e. The van der Waals surface area contributed by atoms with Crippen LogP contribution in [-0.2, 0) is 9.59 Å². The lowest BCUT2D eigenvalue weighted by molar-refractivity contribution is -0.140. The van der Waals surface area contributed by atoms with Crippen LogP contribution >= 0.6 is 0 Å². The zero-order chi connectivity index (χ0) is 25.1. The van der Waals surface area contributed by atoms with Crippen LogP contribution in [0.2, 0.25) is 0 Å². The number of furan rings is 1. The summed E-state index contributed by atoms with van der Waals surface area (Å²) in [6.07, 6.45) is 0.711. The second kappa shape index (κ2) is 10.4. The summed E-state index contributed by atoms with van der Waals surface area (Å²) in [6.45, 7) is 9.05. The zero-order valence-electron chi connectivity index (χ0n) is 20.7. The predicted molar refractivity (Wildman–Crippen MR) is 135 cm³/mol. The van der Waals surface area contributed by atoms with Crippen molar-refractivity contribution in [2.45, 2.75) is 33.2 Å². The molecule has 35 heavy (non-hydrogen) atoms. The maximum absolute atomic E-state index is 13.2. The van der Waals surface area contributed by atoms with Crippen LogP contribution in [0.5, 0.6) is 5.75 Å². The van der Waals surface area contributed by atoms with Gasteiger partial charge in [0.25, 0.3) is 11.7 Å². The first-order valence-corrected chi connectivity index (χ1v) is 12.0. The van der Waals surface area contributed by atoms with E-state index in [1.54, 1.807) is 25.3 Å². The van der Waals surface area contributed by atoms with E-state index in [4.69, 9.17) is 9.15 Å². The highest BCUT2D eigenvalue weighted by atomic mass is 16.5. The first-order valence-electron chi connectivity index (χ1n) is 12.0. The number of benzene rings is 2. The number of hydrogen-bond donors (Lipinski definition) is 1. The monoisotopic (exact) mass is 476 g/mol. The van der Waals surface area contributed by atoms with E-state index in [1.165, 1.54) is 4.90 Å². The predicted octanol–water partition coefficient (Wildman–Crippen LogP) is 4.90. The molecule has 1 aromatic heterocycles. The van der Waals surface area contributed by atoms with E-state index in [0.29, 0.717) is 30.0 Å². The van der Waals surface area contributed by atoms with Gasteiger partial charge >= 0.3 is 0 Å². The van der Waals surface area contributed by atoms with Crippen molar-refractivity contribution in [2.75, 3.05) is 33.3 Å². The van der Waals surface area contributed by atoms with E-state index in [0.717, 1.165) is 36.2 Å². The molecule has 1 atom stereocenters. The quantitative estimate of drug-likeness (QED) is 0.269. The molecule has 0 bridgehead atoms. The lowest BCUT2D eigenvalue weighted by Gasteiger charge is -2.25. The molecular formula is C28H32N2O5. The summed E-state index contributed by atoms with van der Waals surface area (Å²) >= 11 is 0. The number of ketones is 1. The van der Waals surface area contributed by atoms with E-state index in [-0.39, 0.29) is 11.3 Å². The molecule has 7 heteroatoms. The third-order valence-corrected chi connectivity index (χ3v) is 6.66. The Bertz CT molecular complexity index is 1270. The van der Waals surface area contributed by atoms with Gasteiger partial charge in [0.15, 0.2) is 0 Å². The first-order chi connectivity index (χ1) is 16.9. The van der Waals surface area contributed by atoms with Gasteiger partial charge in [0, 0.05) is 12.1 Å². The number of likely N-dealkylation sites (tertiary alicyclic amines) is 1. The third-order valence-electron chi connectivity index (χ3n) is 6.66. The topological polar surface area (TPSA) is 83.2 Å². The van der Waals surface area contributed by atoms with Crippen LogP contribution in [0.15, 0.2) is 58.5 Å². The maximum Gasteiger partial charge on any atom is 0.295 e. The van der Waals surface area contributed by atoms with Crippen molar-refractivity contribution in [1.29, 1.82) is 0 Å². The van der Waals surface area contributed by atoms with Gasteiger partial charge in [0.2, 0.25) is 0 Å². The summed E-state index contributed by atoms with van der Waals surface area (Å²) in [6, 6.07) is 13.8. The zero-order valence-corrected chi connectivity index (χ0v) is 20.7. The lowest BCUT2D eigenvalue weighted by atomic mass is 9.97. The van der Waals surface area contributed by atoms with Crippen LogP contribution in [0.3, 0.4) is 0 Å². The van der Waals surface area contributed by atoms with E-state index in [9.17, 15) is 14.7 Å². The van der Waals surface area contributed by atoms with Crippen LogP contribution < -0.4 is 4.74 Å². The van der Waals surface area contributed by atoms with E-state index in [1.807, 2.05) is 37.3 Å². The third kappa shape index (κ3) is 4.82. The van der Waals surface area contributed by atoms with Crippen molar-refractivity contribution < 1.29 is 23.8 Å². The largest absolute Gasteiger partial charge is 0.507 e. The van der Waals surface area contributed by atoms with Crippen LogP contribution in [0.4, 0.5) is 0 Å². The van der Waals surface area contributed by atoms with E-state index < -0.39 is 17.7 Å². The van der Waals surface area contributed by atoms with E-state index in [2.05, 4.69) is 18.7 Å². The number of rotatable bonds is 9. The number of Topliss-reactive ketones (excluding diaryl/α,β-unsaturated/α-hetero) is 1. The number of hydrogen-bond acceptors (Lipinski definition) is 6. The molecule has 0 spiro atoms. The standard InChI is InChI=1S/C28H32N2O5/c1-5-29(6-2)14-7-15-30-25(23-13-8-18(3)35-23)24(27(32)28(30)33)26(31)21-10-9-20-17-22(34-4)12-11-19(20)16-21/h8-13,16-17,25,31H,5-7,14-15H2,1-4H3/b26-24+. The lowest BCUT2D eigenvalue weighted by Crippen LogP contribution is -2.33. The summed E-state index contributed by atoms with van der Waals surface area (Å²) in [5, 5.41) is 13.1. The highest BCUT2D eigenvalue weighted by Crippen LogP contribution is 2.40. The minimum atomic E-state index is -0.771. The molecule has 4 rings (SSSR count). The number of fused-ring (bicyclic) bond motifs is 1. The number of methoxy groups -OCH3 is 1. The fraction of sp³-hybridized carbons (Fsp3) is 0.357. The maximum atomic E-state index is 13.2. The second-order valence-electron chi connectivity index (χ2n) is 8.75. The normalized spacial score (nSPS) is 17.6. The van der Waals surface area contributed by atoms with Gasteiger partial charge in [-0.25, -0.2) is 0 Å². The molecule has 1 fully saturated rings. The van der Waals surface area contributed by atoms with Crippen LogP contribution in [-0.4, -0.2) is 59.9 Å². The average molecular weight is 477 g/mol. The Balaban J connectivity index is 1.74. The van der Waals surface area contributed by atoms with Crippen LogP contribution in [0, 0.1) is 6.92 Å². The summed E-state index contributed by atoms with van der Waals surface area (Å²) in [5.74, 6) is 0.365. The number of aryl methyl sites for hydroxylation is 1. The van der Waals surface area contributed by atoms with Gasteiger partial charge in [-0.3, -0.25) is 9.59 Å². The highest BCUT2D eigenvalue weighted by molar-refractivity contribution is 6.46. The molecule has 1 N–H and O–H groups in total. The highest BCUT2D eigenvalue weighted by Gasteiger charge is 2.47. The van der Waals surface area contributed by atoms with Crippen molar-refractivity contribution in [2.24, 2.45) is 0 Å². The van der Waals surface area contributed by atoms with Crippen molar-refractivity contribution in [3.05, 3.63) is 71.2 Å². The van der Waals surface area contributed by atoms with Gasteiger partial charge in [-0.15, -0.1) is 0 Å². The summed E-state index contributed by atoms with van der Waals surface area (Å²) in [4.78, 5) is 30.1. The van der Waals surface area contributed by atoms with Crippen molar-refractivity contribution in [3.63, 3.8) is 0 Å². The fourth-order valence-corrected chi connectivity index (χ4v) is 4.66. The molecule has 3 aromatic rings. The molecule has 0 saturated carbocycles. The Morgan fingerprint density at radius 1 is 1.06 bits per heavy atom. The van der Waals surface area contributed by atoms with Gasteiger partial charge in [0.05, 0.1) is 12.7 Å². The SMILES string of the molecule is CCN(CC)CCCN1C(=O)C(=O)/C(=C(/O)c2ccc3cc(OC)ccc3c2)C1c1ccc(C)o1. The number of aliphatic hydroxyl groups excluding tert-OH is 1. The number of ether oxygens (including phenoxy) is 1. The molecule has 7 nitrogen and oxygen atoms in total. The van der Waals surface area contributed by atoms with Crippen molar-refractivity contribution in [3.8, 4) is 5.75 Å². The number of carbonyl (C=O) groups excluding carboxylic acids is 2. The fourth-order valence-electron chi connectivity index (χ4n) is 4.66. The summed E-state index contributed by atoms with van der Waals surface area (Å²) in [5.41, 5.74) is 0.525. The average Bonchev–Trinajstić information content (AvgIpc) is 3.41. The molecule has 1 saturated heterocycles. The minimum Gasteiger partial charge on any atom is -0.507 e. The van der Waals surface area contributed by atoms with Gasteiger partial charge in [-0.05, 0) is 74.1 Å². The molecule has 0 aliphatic carbocycles. The number of aliphatic hydroxyl groups is 1. The number of amides is 1. The van der Waals surface area contributed by atoms with E-state index >= 15 is 0 Å². The molecule has 1 aliphatic heterocycles. The van der Waals surface area contributed by atoms with Crippen molar-refractivity contribution in [1.82, 2.24) is 9.80 Å². The Morgan fingerprint density at radius 2 is 1.77 bits per heavy atom. The van der Waals surface area contributed by atoms with Gasteiger partial charge < -0.3 is 24.1 Å². The Labute approximate surface area is 205 Å². The van der Waals surface area contributed by atoms with Crippen LogP contribution in [0.25, 0.3) is 16.5 Å². The number of nitrogens with zero attached hydrogens (tertiary/aromatic N) is 2. The first kappa shape index (κ1) is 24.5. The van der Waals surface area contributed by atoms with Gasteiger partial charge in [-0.2, -0.15) is 0 Å². The Hall–Kier alpha value is -3.58. The second-order valence-corrected chi connectivity index (χ2v) is 8.75. The molecule has 2 aromatic carbocycles. The molecule has 1 aliphatic rings. The minimum absolute atomic E-state index is 0.0556. The molecular weight excluding hydrogens is 444 g/mol.